The van der Waals surface area contributed by atoms with Gasteiger partial charge in [0.15, 0.2) is 16.7 Å². The molecule has 204 valence electrons. The normalized spacial score (nSPS) is 11.7. The fraction of sp³-hybridized carbons (Fsp3) is 0.429. The zero-order valence-electron chi connectivity index (χ0n) is 22.4. The lowest BCUT2D eigenvalue weighted by atomic mass is 10.1. The molecule has 9 nitrogen and oxygen atoms in total. The van der Waals surface area contributed by atoms with Crippen LogP contribution in [0, 0.1) is 0 Å². The molecule has 0 aliphatic heterocycles. The second-order valence-electron chi connectivity index (χ2n) is 8.93. The van der Waals surface area contributed by atoms with Gasteiger partial charge in [-0.3, -0.25) is 19.0 Å². The first-order valence-electron chi connectivity index (χ1n) is 12.8. The first kappa shape index (κ1) is 29.0. The minimum Gasteiger partial charge on any atom is -0.493 e. The molecule has 2 aromatic carbocycles. The number of aromatic nitrogens is 2. The van der Waals surface area contributed by atoms with Crippen molar-refractivity contribution in [3.63, 3.8) is 0 Å². The Hall–Kier alpha value is -3.53. The summed E-state index contributed by atoms with van der Waals surface area (Å²) in [7, 11) is 3.18. The predicted octanol–water partition coefficient (Wildman–Crippen LogP) is 3.56. The van der Waals surface area contributed by atoms with Crippen LogP contribution in [0.1, 0.15) is 38.7 Å². The summed E-state index contributed by atoms with van der Waals surface area (Å²) in [4.78, 5) is 42.6. The topological polar surface area (TPSA) is 112 Å². The lowest BCUT2D eigenvalue weighted by molar-refractivity contribution is -0.121. The summed E-state index contributed by atoms with van der Waals surface area (Å²) in [6.45, 7) is 4.77. The molecule has 0 aliphatic rings. The molecule has 0 aliphatic carbocycles. The van der Waals surface area contributed by atoms with E-state index in [9.17, 15) is 14.4 Å². The number of thioether (sulfide) groups is 1. The molecule has 0 saturated heterocycles. The van der Waals surface area contributed by atoms with Gasteiger partial charge in [0.2, 0.25) is 11.8 Å². The van der Waals surface area contributed by atoms with Crippen LogP contribution < -0.4 is 25.7 Å². The minimum absolute atomic E-state index is 0.0834. The van der Waals surface area contributed by atoms with Crippen molar-refractivity contribution in [3.8, 4) is 11.5 Å². The van der Waals surface area contributed by atoms with Crippen LogP contribution in [0.4, 0.5) is 0 Å². The van der Waals surface area contributed by atoms with Crippen molar-refractivity contribution in [2.75, 3.05) is 26.5 Å². The molecule has 3 aromatic rings. The Bertz CT molecular complexity index is 1310. The van der Waals surface area contributed by atoms with E-state index in [1.165, 1.54) is 11.8 Å². The molecule has 0 spiro atoms. The van der Waals surface area contributed by atoms with Gasteiger partial charge in [0.05, 0.1) is 30.9 Å². The Morgan fingerprint density at radius 3 is 2.58 bits per heavy atom. The number of carbonyl (C=O) groups is 2. The molecule has 2 amide bonds. The number of hydrogen-bond acceptors (Lipinski definition) is 7. The number of rotatable bonds is 14. The van der Waals surface area contributed by atoms with Gasteiger partial charge in [-0.05, 0) is 56.0 Å². The minimum atomic E-state index is -0.172. The lowest BCUT2D eigenvalue weighted by Gasteiger charge is -2.14. The van der Waals surface area contributed by atoms with E-state index >= 15 is 0 Å². The van der Waals surface area contributed by atoms with Crippen molar-refractivity contribution in [1.82, 2.24) is 20.2 Å². The third-order valence-corrected chi connectivity index (χ3v) is 7.12. The molecule has 10 heteroatoms. The van der Waals surface area contributed by atoms with Gasteiger partial charge in [-0.15, -0.1) is 0 Å². The molecular weight excluding hydrogens is 504 g/mol. The fourth-order valence-electron chi connectivity index (χ4n) is 3.87. The summed E-state index contributed by atoms with van der Waals surface area (Å²) in [6.07, 6.45) is 2.23. The molecule has 3 rings (SSSR count). The highest BCUT2D eigenvalue weighted by Gasteiger charge is 2.14. The average Bonchev–Trinajstić information content (AvgIpc) is 2.93. The van der Waals surface area contributed by atoms with E-state index < -0.39 is 0 Å². The predicted molar refractivity (Wildman–Crippen MR) is 150 cm³/mol. The van der Waals surface area contributed by atoms with E-state index in [0.717, 1.165) is 12.0 Å². The Labute approximate surface area is 227 Å². The Morgan fingerprint density at radius 2 is 1.84 bits per heavy atom. The molecule has 1 atom stereocenters. The summed E-state index contributed by atoms with van der Waals surface area (Å²) >= 11 is 1.23. The monoisotopic (exact) mass is 540 g/mol. The zero-order chi connectivity index (χ0) is 27.5. The van der Waals surface area contributed by atoms with Crippen LogP contribution >= 0.6 is 11.8 Å². The summed E-state index contributed by atoms with van der Waals surface area (Å²) in [5.74, 6) is 1.27. The molecule has 0 unspecified atom stereocenters. The van der Waals surface area contributed by atoms with E-state index in [-0.39, 0.29) is 35.6 Å². The van der Waals surface area contributed by atoms with Crippen molar-refractivity contribution in [2.45, 2.75) is 57.3 Å². The molecule has 0 saturated carbocycles. The van der Waals surface area contributed by atoms with Gasteiger partial charge in [-0.1, -0.05) is 36.9 Å². The van der Waals surface area contributed by atoms with Crippen LogP contribution in [0.2, 0.25) is 0 Å². The van der Waals surface area contributed by atoms with Crippen LogP contribution in [0.25, 0.3) is 10.9 Å². The quantitative estimate of drug-likeness (QED) is 0.238. The maximum atomic E-state index is 13.2. The van der Waals surface area contributed by atoms with Crippen molar-refractivity contribution >= 4 is 34.5 Å². The summed E-state index contributed by atoms with van der Waals surface area (Å²) in [6, 6.07) is 12.9. The number of carbonyl (C=O) groups excluding carboxylic acids is 2. The van der Waals surface area contributed by atoms with Crippen molar-refractivity contribution < 1.29 is 19.1 Å². The average molecular weight is 541 g/mol. The van der Waals surface area contributed by atoms with Crippen molar-refractivity contribution in [2.24, 2.45) is 0 Å². The van der Waals surface area contributed by atoms with E-state index in [1.807, 2.05) is 38.1 Å². The number of hydrogen-bond donors (Lipinski definition) is 2. The number of benzene rings is 2. The van der Waals surface area contributed by atoms with Crippen LogP contribution in [-0.2, 0) is 22.6 Å². The maximum Gasteiger partial charge on any atom is 0.262 e. The maximum absolute atomic E-state index is 13.2. The highest BCUT2D eigenvalue weighted by atomic mass is 32.2. The molecule has 1 heterocycles. The molecule has 0 radical (unpaired) electrons. The Balaban J connectivity index is 1.58. The number of methoxy groups -OCH3 is 2. The number of fused-ring (bicyclic) bond motifs is 1. The Morgan fingerprint density at radius 1 is 1.08 bits per heavy atom. The highest BCUT2D eigenvalue weighted by Crippen LogP contribution is 2.27. The number of ether oxygens (including phenoxy) is 2. The van der Waals surface area contributed by atoms with Crippen LogP contribution in [0.5, 0.6) is 11.5 Å². The largest absolute Gasteiger partial charge is 0.493 e. The first-order chi connectivity index (χ1) is 18.4. The lowest BCUT2D eigenvalue weighted by Crippen LogP contribution is -2.33. The standard InChI is InChI=1S/C28H36N4O5S/c1-5-19(2)30-26(34)18-38-28-31-22-10-7-6-9-21(22)27(35)32(28)16-8-11-25(33)29-15-14-20-12-13-23(36-3)24(17-20)37-4/h6-7,9-10,12-13,17,19H,5,8,11,14-16,18H2,1-4H3,(H,29,33)(H,30,34)/t19-/m0/s1. The highest BCUT2D eigenvalue weighted by molar-refractivity contribution is 7.99. The van der Waals surface area contributed by atoms with E-state index in [4.69, 9.17) is 9.47 Å². The van der Waals surface area contributed by atoms with Crippen LogP contribution in [0.15, 0.2) is 52.4 Å². The van der Waals surface area contributed by atoms with Gasteiger partial charge in [0, 0.05) is 25.6 Å². The third kappa shape index (κ3) is 7.98. The number of amides is 2. The van der Waals surface area contributed by atoms with Gasteiger partial charge < -0.3 is 20.1 Å². The van der Waals surface area contributed by atoms with E-state index in [1.54, 1.807) is 37.0 Å². The first-order valence-corrected chi connectivity index (χ1v) is 13.7. The van der Waals surface area contributed by atoms with Crippen molar-refractivity contribution in [3.05, 3.63) is 58.4 Å². The number of nitrogens with one attached hydrogen (secondary N) is 2. The number of para-hydroxylation sites is 1. The van der Waals surface area contributed by atoms with E-state index in [2.05, 4.69) is 15.6 Å². The van der Waals surface area contributed by atoms with Gasteiger partial charge in [0.25, 0.3) is 5.56 Å². The molecular formula is C28H36N4O5S. The molecule has 2 N–H and O–H groups in total. The SMILES string of the molecule is CC[C@H](C)NC(=O)CSc1nc2ccccc2c(=O)n1CCCC(=O)NCCc1ccc(OC)c(OC)c1. The zero-order valence-corrected chi connectivity index (χ0v) is 23.2. The molecule has 38 heavy (non-hydrogen) atoms. The van der Waals surface area contributed by atoms with Crippen molar-refractivity contribution in [1.29, 1.82) is 0 Å². The van der Waals surface area contributed by atoms with Crippen LogP contribution in [0.3, 0.4) is 0 Å². The Kier molecular flexibility index (Phi) is 11.0. The van der Waals surface area contributed by atoms with Gasteiger partial charge >= 0.3 is 0 Å². The van der Waals surface area contributed by atoms with Gasteiger partial charge in [0.1, 0.15) is 0 Å². The number of nitrogens with zero attached hydrogens (tertiary/aromatic N) is 2. The smallest absolute Gasteiger partial charge is 0.262 e. The second-order valence-corrected chi connectivity index (χ2v) is 9.87. The fourth-order valence-corrected chi connectivity index (χ4v) is 4.71. The van der Waals surface area contributed by atoms with E-state index in [0.29, 0.717) is 53.5 Å². The second kappa shape index (κ2) is 14.4. The summed E-state index contributed by atoms with van der Waals surface area (Å²) in [5.41, 5.74) is 1.44. The molecule has 0 bridgehead atoms. The summed E-state index contributed by atoms with van der Waals surface area (Å²) in [5, 5.41) is 6.85. The van der Waals surface area contributed by atoms with Crippen LogP contribution in [-0.4, -0.2) is 53.9 Å². The third-order valence-electron chi connectivity index (χ3n) is 6.15. The summed E-state index contributed by atoms with van der Waals surface area (Å²) < 4.78 is 12.2. The molecule has 0 fully saturated rings. The molecule has 1 aromatic heterocycles. The van der Waals surface area contributed by atoms with Gasteiger partial charge in [-0.25, -0.2) is 4.98 Å². The van der Waals surface area contributed by atoms with Gasteiger partial charge in [-0.2, -0.15) is 0 Å².